The molecule has 0 saturated heterocycles. The molecule has 0 spiro atoms. The molecule has 0 amide bonds. The van der Waals surface area contributed by atoms with E-state index in [9.17, 15) is 9.59 Å². The third-order valence-electron chi connectivity index (χ3n) is 4.21. The zero-order valence-corrected chi connectivity index (χ0v) is 14.4. The number of carbonyl (C=O) groups excluding carboxylic acids is 1. The van der Waals surface area contributed by atoms with Crippen LogP contribution in [0.5, 0.6) is 0 Å². The Bertz CT molecular complexity index is 1180. The summed E-state index contributed by atoms with van der Waals surface area (Å²) in [4.78, 5) is 24.5. The molecule has 0 atom stereocenters. The van der Waals surface area contributed by atoms with Crippen LogP contribution in [0.15, 0.2) is 77.6 Å². The van der Waals surface area contributed by atoms with Gasteiger partial charge in [0.25, 0.3) is 5.56 Å². The Kier molecular flexibility index (Phi) is 4.11. The van der Waals surface area contributed by atoms with Gasteiger partial charge in [-0.3, -0.25) is 9.59 Å². The number of aromatic nitrogens is 2. The van der Waals surface area contributed by atoms with Crippen LogP contribution in [0.2, 0.25) is 5.02 Å². The molecule has 0 aliphatic heterocycles. The summed E-state index contributed by atoms with van der Waals surface area (Å²) in [5, 5.41) is 6.12. The molecule has 4 aromatic rings. The number of hydrogen-bond donors (Lipinski definition) is 0. The Morgan fingerprint density at radius 3 is 2.27 bits per heavy atom. The fourth-order valence-electron chi connectivity index (χ4n) is 3.00. The molecule has 0 N–H and O–H groups in total. The Labute approximate surface area is 154 Å². The largest absolute Gasteiger partial charge is 0.298 e. The SMILES string of the molecule is O=Cc1cccc(Cl)c1-n1nc(-c2ccccc2)c2ccccc2c1=O. The quantitative estimate of drug-likeness (QED) is 0.505. The molecule has 0 aliphatic carbocycles. The summed E-state index contributed by atoms with van der Waals surface area (Å²) >= 11 is 6.31. The number of hydrogen-bond acceptors (Lipinski definition) is 3. The van der Waals surface area contributed by atoms with Gasteiger partial charge in [0, 0.05) is 16.5 Å². The molecule has 0 radical (unpaired) electrons. The minimum Gasteiger partial charge on any atom is -0.298 e. The predicted molar refractivity (Wildman–Crippen MR) is 103 cm³/mol. The second-order valence-electron chi connectivity index (χ2n) is 5.77. The van der Waals surface area contributed by atoms with Crippen LogP contribution in [0, 0.1) is 0 Å². The molecule has 0 bridgehead atoms. The van der Waals surface area contributed by atoms with Crippen molar-refractivity contribution >= 4 is 28.7 Å². The zero-order chi connectivity index (χ0) is 18.1. The van der Waals surface area contributed by atoms with Gasteiger partial charge >= 0.3 is 0 Å². The molecule has 5 heteroatoms. The molecule has 4 nitrogen and oxygen atoms in total. The summed E-state index contributed by atoms with van der Waals surface area (Å²) in [7, 11) is 0. The van der Waals surface area contributed by atoms with Crippen molar-refractivity contribution in [3.8, 4) is 16.9 Å². The molecule has 3 aromatic carbocycles. The lowest BCUT2D eigenvalue weighted by Gasteiger charge is -2.13. The number of para-hydroxylation sites is 1. The average molecular weight is 361 g/mol. The maximum atomic E-state index is 13.1. The van der Waals surface area contributed by atoms with Gasteiger partial charge in [-0.15, -0.1) is 0 Å². The number of nitrogens with zero attached hydrogens (tertiary/aromatic N) is 2. The van der Waals surface area contributed by atoms with E-state index in [-0.39, 0.29) is 11.2 Å². The second-order valence-corrected chi connectivity index (χ2v) is 6.18. The standard InChI is InChI=1S/C21H13ClN2O2/c22-18-12-6-9-15(13-25)20(18)24-21(26)17-11-5-4-10-16(17)19(23-24)14-7-2-1-3-8-14/h1-13H. The number of rotatable bonds is 3. The van der Waals surface area contributed by atoms with Crippen LogP contribution in [-0.2, 0) is 0 Å². The van der Waals surface area contributed by atoms with Crippen LogP contribution in [-0.4, -0.2) is 16.1 Å². The maximum Gasteiger partial charge on any atom is 0.279 e. The van der Waals surface area contributed by atoms with Crippen LogP contribution in [0.25, 0.3) is 27.7 Å². The molecule has 0 fully saturated rings. The smallest absolute Gasteiger partial charge is 0.279 e. The lowest BCUT2D eigenvalue weighted by Crippen LogP contribution is -2.23. The highest BCUT2D eigenvalue weighted by atomic mass is 35.5. The van der Waals surface area contributed by atoms with Crippen molar-refractivity contribution < 1.29 is 4.79 Å². The van der Waals surface area contributed by atoms with Gasteiger partial charge in [-0.25, -0.2) is 0 Å². The van der Waals surface area contributed by atoms with E-state index in [1.807, 2.05) is 42.5 Å². The third-order valence-corrected chi connectivity index (χ3v) is 4.51. The molecule has 1 aromatic heterocycles. The van der Waals surface area contributed by atoms with Crippen molar-refractivity contribution in [2.75, 3.05) is 0 Å². The van der Waals surface area contributed by atoms with E-state index in [1.54, 1.807) is 30.3 Å². The average Bonchev–Trinajstić information content (AvgIpc) is 2.69. The Balaban J connectivity index is 2.15. The van der Waals surface area contributed by atoms with Gasteiger partial charge in [0.2, 0.25) is 0 Å². The van der Waals surface area contributed by atoms with Gasteiger partial charge in [0.15, 0.2) is 6.29 Å². The minimum absolute atomic E-state index is 0.289. The number of fused-ring (bicyclic) bond motifs is 1. The van der Waals surface area contributed by atoms with Crippen LogP contribution in [0.1, 0.15) is 10.4 Å². The van der Waals surface area contributed by atoms with Crippen LogP contribution < -0.4 is 5.56 Å². The molecular formula is C21H13ClN2O2. The molecule has 1 heterocycles. The molecule has 0 unspecified atom stereocenters. The first-order valence-electron chi connectivity index (χ1n) is 8.02. The monoisotopic (exact) mass is 360 g/mol. The van der Waals surface area contributed by atoms with Crippen molar-refractivity contribution in [2.45, 2.75) is 0 Å². The van der Waals surface area contributed by atoms with Crippen LogP contribution in [0.3, 0.4) is 0 Å². The number of carbonyl (C=O) groups is 1. The Hall–Kier alpha value is -3.24. The van der Waals surface area contributed by atoms with E-state index < -0.39 is 0 Å². The molecule has 0 saturated carbocycles. The third kappa shape index (κ3) is 2.61. The van der Waals surface area contributed by atoms with Crippen molar-refractivity contribution in [3.63, 3.8) is 0 Å². The Morgan fingerprint density at radius 2 is 1.54 bits per heavy atom. The first kappa shape index (κ1) is 16.2. The van der Waals surface area contributed by atoms with E-state index >= 15 is 0 Å². The van der Waals surface area contributed by atoms with E-state index in [2.05, 4.69) is 5.10 Å². The lowest BCUT2D eigenvalue weighted by molar-refractivity contribution is 0.112. The summed E-state index contributed by atoms with van der Waals surface area (Å²) in [5.74, 6) is 0. The Morgan fingerprint density at radius 1 is 0.846 bits per heavy atom. The molecule has 26 heavy (non-hydrogen) atoms. The van der Waals surface area contributed by atoms with E-state index in [4.69, 9.17) is 11.6 Å². The van der Waals surface area contributed by atoms with Crippen LogP contribution >= 0.6 is 11.6 Å². The van der Waals surface area contributed by atoms with Gasteiger partial charge in [0.05, 0.1) is 21.8 Å². The number of halogens is 1. The van der Waals surface area contributed by atoms with Crippen molar-refractivity contribution in [1.29, 1.82) is 0 Å². The topological polar surface area (TPSA) is 52.0 Å². The summed E-state index contributed by atoms with van der Waals surface area (Å²) in [6.07, 6.45) is 0.673. The van der Waals surface area contributed by atoms with Crippen molar-refractivity contribution in [3.05, 3.63) is 93.7 Å². The number of benzene rings is 3. The molecule has 0 aliphatic rings. The van der Waals surface area contributed by atoms with Crippen molar-refractivity contribution in [2.24, 2.45) is 0 Å². The van der Waals surface area contributed by atoms with E-state index in [1.165, 1.54) is 4.68 Å². The predicted octanol–water partition coefficient (Wildman–Crippen LogP) is 4.52. The lowest BCUT2D eigenvalue weighted by atomic mass is 10.0. The van der Waals surface area contributed by atoms with E-state index in [0.29, 0.717) is 28.0 Å². The fraction of sp³-hybridized carbons (Fsp3) is 0. The van der Waals surface area contributed by atoms with E-state index in [0.717, 1.165) is 10.9 Å². The zero-order valence-electron chi connectivity index (χ0n) is 13.6. The van der Waals surface area contributed by atoms with Crippen molar-refractivity contribution in [1.82, 2.24) is 9.78 Å². The normalized spacial score (nSPS) is 10.8. The van der Waals surface area contributed by atoms with Gasteiger partial charge in [-0.1, -0.05) is 66.2 Å². The summed E-state index contributed by atoms with van der Waals surface area (Å²) in [6, 6.07) is 21.8. The first-order chi connectivity index (χ1) is 12.7. The maximum absolute atomic E-state index is 13.1. The molecule has 4 rings (SSSR count). The van der Waals surface area contributed by atoms with Gasteiger partial charge in [0.1, 0.15) is 0 Å². The fourth-order valence-corrected chi connectivity index (χ4v) is 3.26. The van der Waals surface area contributed by atoms with Gasteiger partial charge < -0.3 is 0 Å². The minimum atomic E-state index is -0.323. The second kappa shape index (κ2) is 6.58. The molecule has 126 valence electrons. The summed E-state index contributed by atoms with van der Waals surface area (Å²) in [5.41, 5.74) is 1.80. The van der Waals surface area contributed by atoms with Gasteiger partial charge in [-0.2, -0.15) is 9.78 Å². The van der Waals surface area contributed by atoms with Gasteiger partial charge in [-0.05, 0) is 18.2 Å². The highest BCUT2D eigenvalue weighted by Gasteiger charge is 2.17. The van der Waals surface area contributed by atoms with Crippen LogP contribution in [0.4, 0.5) is 0 Å². The highest BCUT2D eigenvalue weighted by molar-refractivity contribution is 6.32. The highest BCUT2D eigenvalue weighted by Crippen LogP contribution is 2.27. The number of aldehydes is 1. The summed E-state index contributed by atoms with van der Waals surface area (Å²) < 4.78 is 1.22. The first-order valence-corrected chi connectivity index (χ1v) is 8.40. The molecular weight excluding hydrogens is 348 g/mol. The summed E-state index contributed by atoms with van der Waals surface area (Å²) in [6.45, 7) is 0.